The standard InChI is InChI=1S/C11H18N2O2S/c1-12(2)16(14,15)13(3)10-9-11-7-5-4-6-8-11/h4-8H,9-10H2,1-3H3. The number of benzene rings is 1. The average Bonchev–Trinajstić information content (AvgIpc) is 2.27. The Kier molecular flexibility index (Phi) is 4.46. The Balaban J connectivity index is 2.57. The van der Waals surface area contributed by atoms with Gasteiger partial charge in [-0.05, 0) is 12.0 Å². The van der Waals surface area contributed by atoms with Crippen molar-refractivity contribution in [2.24, 2.45) is 0 Å². The first-order valence-corrected chi connectivity index (χ1v) is 6.52. The highest BCUT2D eigenvalue weighted by molar-refractivity contribution is 7.86. The van der Waals surface area contributed by atoms with Gasteiger partial charge in [0.2, 0.25) is 0 Å². The molecule has 0 amide bonds. The molecule has 0 atom stereocenters. The number of hydrogen-bond acceptors (Lipinski definition) is 2. The van der Waals surface area contributed by atoms with Gasteiger partial charge in [0.25, 0.3) is 10.2 Å². The van der Waals surface area contributed by atoms with Crippen LogP contribution >= 0.6 is 0 Å². The van der Waals surface area contributed by atoms with Crippen molar-refractivity contribution in [3.05, 3.63) is 35.9 Å². The summed E-state index contributed by atoms with van der Waals surface area (Å²) in [6.07, 6.45) is 0.727. The second-order valence-corrected chi connectivity index (χ2v) is 6.10. The van der Waals surface area contributed by atoms with E-state index in [1.807, 2.05) is 30.3 Å². The van der Waals surface area contributed by atoms with E-state index < -0.39 is 10.2 Å². The largest absolute Gasteiger partial charge is 0.281 e. The third-order valence-corrected chi connectivity index (χ3v) is 4.31. The van der Waals surface area contributed by atoms with E-state index >= 15 is 0 Å². The summed E-state index contributed by atoms with van der Waals surface area (Å²) >= 11 is 0. The number of likely N-dealkylation sites (N-methyl/N-ethyl adjacent to an activating group) is 1. The Bertz CT molecular complexity index is 415. The summed E-state index contributed by atoms with van der Waals surface area (Å²) in [5.74, 6) is 0. The van der Waals surface area contributed by atoms with Gasteiger partial charge < -0.3 is 0 Å². The minimum absolute atomic E-state index is 0.491. The molecule has 4 nitrogen and oxygen atoms in total. The van der Waals surface area contributed by atoms with Crippen LogP contribution in [-0.2, 0) is 16.6 Å². The molecule has 5 heteroatoms. The highest BCUT2D eigenvalue weighted by Crippen LogP contribution is 2.05. The van der Waals surface area contributed by atoms with Crippen molar-refractivity contribution in [3.63, 3.8) is 0 Å². The first-order valence-electron chi connectivity index (χ1n) is 5.12. The van der Waals surface area contributed by atoms with Gasteiger partial charge in [0.05, 0.1) is 0 Å². The SMILES string of the molecule is CN(C)S(=O)(=O)N(C)CCc1ccccc1. The molecule has 0 aliphatic rings. The molecule has 0 spiro atoms. The van der Waals surface area contributed by atoms with Gasteiger partial charge in [-0.15, -0.1) is 0 Å². The van der Waals surface area contributed by atoms with Crippen molar-refractivity contribution in [3.8, 4) is 0 Å². The van der Waals surface area contributed by atoms with Crippen LogP contribution in [0.2, 0.25) is 0 Å². The first-order chi connectivity index (χ1) is 7.44. The zero-order valence-corrected chi connectivity index (χ0v) is 10.7. The lowest BCUT2D eigenvalue weighted by Crippen LogP contribution is -2.38. The Morgan fingerprint density at radius 3 is 2.12 bits per heavy atom. The lowest BCUT2D eigenvalue weighted by molar-refractivity contribution is 0.419. The second-order valence-electron chi connectivity index (χ2n) is 3.85. The van der Waals surface area contributed by atoms with E-state index in [1.54, 1.807) is 7.05 Å². The normalized spacial score (nSPS) is 12.3. The monoisotopic (exact) mass is 242 g/mol. The molecular weight excluding hydrogens is 224 g/mol. The summed E-state index contributed by atoms with van der Waals surface area (Å²) < 4.78 is 26.0. The van der Waals surface area contributed by atoms with Gasteiger partial charge in [-0.2, -0.15) is 17.0 Å². The molecule has 0 aliphatic heterocycles. The van der Waals surface area contributed by atoms with Crippen LogP contribution in [0.4, 0.5) is 0 Å². The summed E-state index contributed by atoms with van der Waals surface area (Å²) in [4.78, 5) is 0. The van der Waals surface area contributed by atoms with Crippen LogP contribution in [0.3, 0.4) is 0 Å². The molecule has 0 heterocycles. The van der Waals surface area contributed by atoms with Crippen LogP contribution < -0.4 is 0 Å². The maximum Gasteiger partial charge on any atom is 0.281 e. The van der Waals surface area contributed by atoms with Crippen LogP contribution in [0.25, 0.3) is 0 Å². The zero-order chi connectivity index (χ0) is 12.2. The Morgan fingerprint density at radius 2 is 1.62 bits per heavy atom. The van der Waals surface area contributed by atoms with Crippen LogP contribution in [0.15, 0.2) is 30.3 Å². The third kappa shape index (κ3) is 3.30. The number of hydrogen-bond donors (Lipinski definition) is 0. The third-order valence-electron chi connectivity index (χ3n) is 2.41. The lowest BCUT2D eigenvalue weighted by Gasteiger charge is -2.21. The maximum absolute atomic E-state index is 11.7. The predicted octanol–water partition coefficient (Wildman–Crippen LogP) is 0.967. The molecule has 0 bridgehead atoms. The van der Waals surface area contributed by atoms with E-state index in [-0.39, 0.29) is 0 Å². The zero-order valence-electron chi connectivity index (χ0n) is 9.92. The van der Waals surface area contributed by atoms with Crippen LogP contribution in [-0.4, -0.2) is 44.7 Å². The van der Waals surface area contributed by atoms with Gasteiger partial charge in [-0.3, -0.25) is 0 Å². The quantitative estimate of drug-likeness (QED) is 0.772. The average molecular weight is 242 g/mol. The van der Waals surface area contributed by atoms with Crippen molar-refractivity contribution in [1.82, 2.24) is 8.61 Å². The van der Waals surface area contributed by atoms with E-state index in [0.717, 1.165) is 12.0 Å². The van der Waals surface area contributed by atoms with Crippen molar-refractivity contribution in [1.29, 1.82) is 0 Å². The summed E-state index contributed by atoms with van der Waals surface area (Å²) in [5, 5.41) is 0. The fraction of sp³-hybridized carbons (Fsp3) is 0.455. The van der Waals surface area contributed by atoms with Gasteiger partial charge in [-0.25, -0.2) is 0 Å². The fourth-order valence-electron chi connectivity index (χ4n) is 1.33. The molecule has 0 saturated heterocycles. The highest BCUT2D eigenvalue weighted by Gasteiger charge is 2.19. The van der Waals surface area contributed by atoms with E-state index in [2.05, 4.69) is 0 Å². The molecule has 0 saturated carbocycles. The topological polar surface area (TPSA) is 40.6 Å². The molecule has 1 rings (SSSR count). The van der Waals surface area contributed by atoms with E-state index in [1.165, 1.54) is 22.7 Å². The van der Waals surface area contributed by atoms with Gasteiger partial charge in [0.1, 0.15) is 0 Å². The maximum atomic E-state index is 11.7. The molecule has 1 aromatic carbocycles. The van der Waals surface area contributed by atoms with Crippen molar-refractivity contribution in [2.75, 3.05) is 27.7 Å². The molecular formula is C11H18N2O2S. The van der Waals surface area contributed by atoms with Gasteiger partial charge >= 0.3 is 0 Å². The summed E-state index contributed by atoms with van der Waals surface area (Å²) in [6.45, 7) is 0.491. The summed E-state index contributed by atoms with van der Waals surface area (Å²) in [7, 11) is 1.39. The Hall–Kier alpha value is -0.910. The number of rotatable bonds is 5. The van der Waals surface area contributed by atoms with Crippen molar-refractivity contribution < 1.29 is 8.42 Å². The molecule has 1 aromatic rings. The van der Waals surface area contributed by atoms with Crippen LogP contribution in [0.1, 0.15) is 5.56 Å². The Morgan fingerprint density at radius 1 is 1.06 bits per heavy atom. The minimum atomic E-state index is -3.28. The molecule has 0 unspecified atom stereocenters. The fourth-order valence-corrected chi connectivity index (χ4v) is 2.20. The van der Waals surface area contributed by atoms with Gasteiger partial charge in [-0.1, -0.05) is 30.3 Å². The summed E-state index contributed by atoms with van der Waals surface area (Å²) in [5.41, 5.74) is 1.14. The molecule has 0 fully saturated rings. The van der Waals surface area contributed by atoms with Crippen LogP contribution in [0.5, 0.6) is 0 Å². The molecule has 0 aromatic heterocycles. The minimum Gasteiger partial charge on any atom is -0.195 e. The number of nitrogens with zero attached hydrogens (tertiary/aromatic N) is 2. The van der Waals surface area contributed by atoms with Crippen molar-refractivity contribution >= 4 is 10.2 Å². The molecule has 0 N–H and O–H groups in total. The Labute approximate surface area is 97.7 Å². The van der Waals surface area contributed by atoms with Crippen LogP contribution in [0, 0.1) is 0 Å². The van der Waals surface area contributed by atoms with Gasteiger partial charge in [0, 0.05) is 27.7 Å². The molecule has 90 valence electrons. The predicted molar refractivity (Wildman–Crippen MR) is 65.4 cm³/mol. The van der Waals surface area contributed by atoms with Gasteiger partial charge in [0.15, 0.2) is 0 Å². The molecule has 0 radical (unpaired) electrons. The smallest absolute Gasteiger partial charge is 0.195 e. The molecule has 16 heavy (non-hydrogen) atoms. The van der Waals surface area contributed by atoms with E-state index in [4.69, 9.17) is 0 Å². The van der Waals surface area contributed by atoms with E-state index in [0.29, 0.717) is 6.54 Å². The second kappa shape index (κ2) is 5.43. The van der Waals surface area contributed by atoms with E-state index in [9.17, 15) is 8.42 Å². The molecule has 0 aliphatic carbocycles. The van der Waals surface area contributed by atoms with Crippen molar-refractivity contribution in [2.45, 2.75) is 6.42 Å². The summed E-state index contributed by atoms with van der Waals surface area (Å²) in [6, 6.07) is 9.85. The first kappa shape index (κ1) is 13.2. The lowest BCUT2D eigenvalue weighted by atomic mass is 10.2. The highest BCUT2D eigenvalue weighted by atomic mass is 32.2.